The molecule has 2 rings (SSSR count). The van der Waals surface area contributed by atoms with E-state index in [-0.39, 0.29) is 12.1 Å². The molecule has 1 aromatic heterocycles. The van der Waals surface area contributed by atoms with Crippen LogP contribution in [0.4, 0.5) is 4.79 Å². The second kappa shape index (κ2) is 5.63. The maximum absolute atomic E-state index is 12.3. The summed E-state index contributed by atoms with van der Waals surface area (Å²) in [4.78, 5) is 18.3. The number of oxazole rings is 1. The van der Waals surface area contributed by atoms with Gasteiger partial charge in [0.05, 0.1) is 6.04 Å². The SMILES string of the molecule is CC(C)(C)OC(=O)N1CCCCC[C@@H]1c1cocn1. The lowest BCUT2D eigenvalue weighted by molar-refractivity contribution is 0.0159. The van der Waals surface area contributed by atoms with Crippen LogP contribution in [0.2, 0.25) is 0 Å². The minimum Gasteiger partial charge on any atom is -0.451 e. The van der Waals surface area contributed by atoms with Gasteiger partial charge in [0.2, 0.25) is 0 Å². The van der Waals surface area contributed by atoms with E-state index in [1.54, 1.807) is 11.2 Å². The van der Waals surface area contributed by atoms with Crippen LogP contribution in [0.3, 0.4) is 0 Å². The van der Waals surface area contributed by atoms with E-state index >= 15 is 0 Å². The summed E-state index contributed by atoms with van der Waals surface area (Å²) in [5, 5.41) is 0. The van der Waals surface area contributed by atoms with Gasteiger partial charge in [-0.25, -0.2) is 9.78 Å². The summed E-state index contributed by atoms with van der Waals surface area (Å²) in [5.74, 6) is 0. The van der Waals surface area contributed by atoms with Crippen molar-refractivity contribution >= 4 is 6.09 Å². The van der Waals surface area contributed by atoms with Crippen LogP contribution >= 0.6 is 0 Å². The number of ether oxygens (including phenoxy) is 1. The number of aromatic nitrogens is 1. The summed E-state index contributed by atoms with van der Waals surface area (Å²) in [5.41, 5.74) is 0.338. The van der Waals surface area contributed by atoms with E-state index in [0.29, 0.717) is 6.54 Å². The molecule has 5 nitrogen and oxygen atoms in total. The summed E-state index contributed by atoms with van der Waals surface area (Å²) in [7, 11) is 0. The Kier molecular flexibility index (Phi) is 4.12. The second-order valence-electron chi connectivity index (χ2n) is 5.95. The summed E-state index contributed by atoms with van der Waals surface area (Å²) < 4.78 is 10.5. The van der Waals surface area contributed by atoms with Gasteiger partial charge >= 0.3 is 6.09 Å². The number of nitrogens with zero attached hydrogens (tertiary/aromatic N) is 2. The Bertz CT molecular complexity index is 409. The van der Waals surface area contributed by atoms with Gasteiger partial charge in [0.1, 0.15) is 17.6 Å². The van der Waals surface area contributed by atoms with Crippen LogP contribution < -0.4 is 0 Å². The molecule has 0 radical (unpaired) electrons. The molecule has 0 aromatic carbocycles. The molecule has 0 N–H and O–H groups in total. The van der Waals surface area contributed by atoms with Gasteiger partial charge in [-0.05, 0) is 33.6 Å². The van der Waals surface area contributed by atoms with E-state index < -0.39 is 5.60 Å². The molecule has 0 unspecified atom stereocenters. The van der Waals surface area contributed by atoms with Gasteiger partial charge in [-0.2, -0.15) is 0 Å². The normalized spacial score (nSPS) is 21.0. The third-order valence-corrected chi connectivity index (χ3v) is 3.17. The molecule has 5 heteroatoms. The molecule has 1 aromatic rings. The van der Waals surface area contributed by atoms with E-state index in [1.807, 2.05) is 20.8 Å². The highest BCUT2D eigenvalue weighted by molar-refractivity contribution is 5.68. The molecule has 106 valence electrons. The molecule has 1 aliphatic rings. The Labute approximate surface area is 113 Å². The first-order valence-corrected chi connectivity index (χ1v) is 6.85. The number of likely N-dealkylation sites (tertiary alicyclic amines) is 1. The Balaban J connectivity index is 2.15. The molecule has 0 bridgehead atoms. The van der Waals surface area contributed by atoms with E-state index in [4.69, 9.17) is 9.15 Å². The van der Waals surface area contributed by atoms with Gasteiger partial charge in [0.25, 0.3) is 0 Å². The van der Waals surface area contributed by atoms with Crippen molar-refractivity contribution in [1.29, 1.82) is 0 Å². The lowest BCUT2D eigenvalue weighted by Gasteiger charge is -2.31. The van der Waals surface area contributed by atoms with Crippen LogP contribution in [0, 0.1) is 0 Å². The minimum absolute atomic E-state index is 0.0314. The molecule has 1 aliphatic heterocycles. The monoisotopic (exact) mass is 266 g/mol. The summed E-state index contributed by atoms with van der Waals surface area (Å²) in [6.45, 7) is 6.36. The van der Waals surface area contributed by atoms with Gasteiger partial charge in [0.15, 0.2) is 6.39 Å². The minimum atomic E-state index is -0.474. The quantitative estimate of drug-likeness (QED) is 0.780. The highest BCUT2D eigenvalue weighted by atomic mass is 16.6. The predicted molar refractivity (Wildman–Crippen MR) is 70.7 cm³/mol. The molecule has 1 atom stereocenters. The van der Waals surface area contributed by atoms with Crippen molar-refractivity contribution in [2.75, 3.05) is 6.54 Å². The predicted octanol–water partition coefficient (Wildman–Crippen LogP) is 3.53. The van der Waals surface area contributed by atoms with Crippen LogP contribution in [0.25, 0.3) is 0 Å². The standard InChI is InChI=1S/C14H22N2O3/c1-14(2,3)19-13(17)16-8-6-4-5-7-12(16)11-9-18-10-15-11/h9-10,12H,4-8H2,1-3H3/t12-/m1/s1. The fourth-order valence-electron chi connectivity index (χ4n) is 2.34. The number of carbonyl (C=O) groups is 1. The second-order valence-corrected chi connectivity index (χ2v) is 5.95. The number of amides is 1. The number of hydrogen-bond acceptors (Lipinski definition) is 4. The molecule has 1 saturated heterocycles. The summed E-state index contributed by atoms with van der Waals surface area (Å²) in [6.07, 6.45) is 6.91. The molecule has 0 saturated carbocycles. The van der Waals surface area contributed by atoms with Crippen molar-refractivity contribution in [1.82, 2.24) is 9.88 Å². The van der Waals surface area contributed by atoms with E-state index in [0.717, 1.165) is 31.4 Å². The third kappa shape index (κ3) is 3.72. The van der Waals surface area contributed by atoms with Gasteiger partial charge in [0, 0.05) is 6.54 Å². The number of carbonyl (C=O) groups excluding carboxylic acids is 1. The van der Waals surface area contributed by atoms with E-state index in [1.165, 1.54) is 6.39 Å². The summed E-state index contributed by atoms with van der Waals surface area (Å²) >= 11 is 0. The smallest absolute Gasteiger partial charge is 0.410 e. The zero-order chi connectivity index (χ0) is 13.9. The van der Waals surface area contributed by atoms with Crippen LogP contribution in [0.1, 0.15) is 58.2 Å². The number of rotatable bonds is 1. The van der Waals surface area contributed by atoms with Gasteiger partial charge < -0.3 is 9.15 Å². The highest BCUT2D eigenvalue weighted by Crippen LogP contribution is 2.30. The number of hydrogen-bond donors (Lipinski definition) is 0. The fourth-order valence-corrected chi connectivity index (χ4v) is 2.34. The first kappa shape index (κ1) is 13.9. The van der Waals surface area contributed by atoms with Crippen LogP contribution in [-0.4, -0.2) is 28.1 Å². The highest BCUT2D eigenvalue weighted by Gasteiger charge is 2.31. The van der Waals surface area contributed by atoms with Gasteiger partial charge in [-0.3, -0.25) is 4.90 Å². The first-order valence-electron chi connectivity index (χ1n) is 6.85. The van der Waals surface area contributed by atoms with Crippen molar-refractivity contribution in [3.05, 3.63) is 18.4 Å². The Morgan fingerprint density at radius 2 is 2.21 bits per heavy atom. The molecule has 19 heavy (non-hydrogen) atoms. The first-order chi connectivity index (χ1) is 8.97. The van der Waals surface area contributed by atoms with Crippen molar-refractivity contribution in [3.8, 4) is 0 Å². The zero-order valence-corrected chi connectivity index (χ0v) is 11.9. The summed E-state index contributed by atoms with van der Waals surface area (Å²) in [6, 6.07) is -0.0314. The van der Waals surface area contributed by atoms with Crippen LogP contribution in [0.5, 0.6) is 0 Å². The zero-order valence-electron chi connectivity index (χ0n) is 11.9. The van der Waals surface area contributed by atoms with Gasteiger partial charge in [-0.1, -0.05) is 12.8 Å². The largest absolute Gasteiger partial charge is 0.451 e. The van der Waals surface area contributed by atoms with Crippen molar-refractivity contribution in [2.24, 2.45) is 0 Å². The Morgan fingerprint density at radius 1 is 1.42 bits per heavy atom. The van der Waals surface area contributed by atoms with E-state index in [9.17, 15) is 4.79 Å². The average molecular weight is 266 g/mol. The molecular formula is C14H22N2O3. The third-order valence-electron chi connectivity index (χ3n) is 3.17. The van der Waals surface area contributed by atoms with Crippen molar-refractivity contribution in [2.45, 2.75) is 58.1 Å². The maximum Gasteiger partial charge on any atom is 0.410 e. The maximum atomic E-state index is 12.3. The fraction of sp³-hybridized carbons (Fsp3) is 0.714. The molecule has 0 aliphatic carbocycles. The molecule has 1 fully saturated rings. The molecular weight excluding hydrogens is 244 g/mol. The van der Waals surface area contributed by atoms with Gasteiger partial charge in [-0.15, -0.1) is 0 Å². The van der Waals surface area contributed by atoms with Crippen LogP contribution in [-0.2, 0) is 4.74 Å². The van der Waals surface area contributed by atoms with Crippen molar-refractivity contribution in [3.63, 3.8) is 0 Å². The lowest BCUT2D eigenvalue weighted by Crippen LogP contribution is -2.39. The molecule has 1 amide bonds. The van der Waals surface area contributed by atoms with Crippen LogP contribution in [0.15, 0.2) is 17.1 Å². The topological polar surface area (TPSA) is 55.6 Å². The van der Waals surface area contributed by atoms with Crippen molar-refractivity contribution < 1.29 is 13.9 Å². The lowest BCUT2D eigenvalue weighted by atomic mass is 10.1. The van der Waals surface area contributed by atoms with E-state index in [2.05, 4.69) is 4.98 Å². The Hall–Kier alpha value is -1.52. The molecule has 2 heterocycles. The Morgan fingerprint density at radius 3 is 2.84 bits per heavy atom. The molecule has 0 spiro atoms. The average Bonchev–Trinajstić information content (AvgIpc) is 2.71.